The molecule has 1 heterocycles. The number of thiazole rings is 1. The smallest absolute Gasteiger partial charge is 0.253 e. The zero-order valence-corrected chi connectivity index (χ0v) is 16.8. The fourth-order valence-electron chi connectivity index (χ4n) is 2.29. The Morgan fingerprint density at radius 2 is 1.89 bits per heavy atom. The van der Waals surface area contributed by atoms with Crippen LogP contribution >= 0.6 is 34.7 Å². The first-order chi connectivity index (χ1) is 13.1. The number of carbonyl (C=O) groups excluding carboxylic acids is 2. The second-order valence-electron chi connectivity index (χ2n) is 5.48. The van der Waals surface area contributed by atoms with Gasteiger partial charge in [0.15, 0.2) is 5.13 Å². The highest BCUT2D eigenvalue weighted by Gasteiger charge is 2.12. The van der Waals surface area contributed by atoms with Gasteiger partial charge in [-0.25, -0.2) is 4.98 Å². The number of amides is 2. The quantitative estimate of drug-likeness (QED) is 0.577. The molecule has 3 rings (SSSR count). The molecule has 0 radical (unpaired) electrons. The van der Waals surface area contributed by atoms with E-state index < -0.39 is 5.91 Å². The van der Waals surface area contributed by atoms with Crippen molar-refractivity contribution in [3.05, 3.63) is 64.5 Å². The summed E-state index contributed by atoms with van der Waals surface area (Å²) >= 11 is 8.98. The van der Waals surface area contributed by atoms with Gasteiger partial charge in [-0.15, -0.1) is 23.1 Å². The number of nitrogens with zero attached hydrogens (tertiary/aromatic N) is 1. The maximum absolute atomic E-state index is 12.1. The second kappa shape index (κ2) is 9.03. The Balaban J connectivity index is 1.56. The number of aromatic nitrogens is 1. The van der Waals surface area contributed by atoms with Crippen LogP contribution in [-0.2, 0) is 4.79 Å². The lowest BCUT2D eigenvalue weighted by Gasteiger charge is -2.06. The van der Waals surface area contributed by atoms with Gasteiger partial charge in [0.1, 0.15) is 0 Å². The van der Waals surface area contributed by atoms with E-state index in [9.17, 15) is 9.59 Å². The SMILES string of the molecule is CSc1ccc(-c2csc(NC(=O)CNC(=O)c3ccccc3Cl)n2)cc1. The molecule has 0 aliphatic heterocycles. The summed E-state index contributed by atoms with van der Waals surface area (Å²) in [4.78, 5) is 29.7. The van der Waals surface area contributed by atoms with E-state index in [-0.39, 0.29) is 12.5 Å². The Hall–Kier alpha value is -2.35. The monoisotopic (exact) mass is 417 g/mol. The maximum atomic E-state index is 12.1. The molecule has 0 fully saturated rings. The molecule has 1 aromatic heterocycles. The lowest BCUT2D eigenvalue weighted by molar-refractivity contribution is -0.115. The van der Waals surface area contributed by atoms with Crippen LogP contribution in [-0.4, -0.2) is 29.6 Å². The third-order valence-corrected chi connectivity index (χ3v) is 5.50. The normalized spacial score (nSPS) is 10.4. The fourth-order valence-corrected chi connectivity index (χ4v) is 3.66. The molecule has 0 aliphatic rings. The minimum absolute atomic E-state index is 0.165. The van der Waals surface area contributed by atoms with Gasteiger partial charge >= 0.3 is 0 Å². The molecule has 2 aromatic carbocycles. The van der Waals surface area contributed by atoms with Crippen LogP contribution in [0.15, 0.2) is 58.8 Å². The van der Waals surface area contributed by atoms with Gasteiger partial charge in [0.05, 0.1) is 22.8 Å². The molecule has 138 valence electrons. The summed E-state index contributed by atoms with van der Waals surface area (Å²) in [7, 11) is 0. The van der Waals surface area contributed by atoms with Crippen LogP contribution in [0.3, 0.4) is 0 Å². The van der Waals surface area contributed by atoms with Gasteiger partial charge < -0.3 is 10.6 Å². The van der Waals surface area contributed by atoms with E-state index >= 15 is 0 Å². The zero-order valence-electron chi connectivity index (χ0n) is 14.4. The summed E-state index contributed by atoms with van der Waals surface area (Å²) in [6, 6.07) is 14.7. The van der Waals surface area contributed by atoms with E-state index in [0.717, 1.165) is 11.3 Å². The molecule has 2 N–H and O–H groups in total. The van der Waals surface area contributed by atoms with Crippen LogP contribution in [0.1, 0.15) is 10.4 Å². The maximum Gasteiger partial charge on any atom is 0.253 e. The summed E-state index contributed by atoms with van der Waals surface area (Å²) in [5, 5.41) is 7.95. The zero-order chi connectivity index (χ0) is 19.2. The molecule has 2 amide bonds. The largest absolute Gasteiger partial charge is 0.343 e. The molecule has 27 heavy (non-hydrogen) atoms. The molecular formula is C19H16ClN3O2S2. The van der Waals surface area contributed by atoms with Crippen molar-refractivity contribution < 1.29 is 9.59 Å². The summed E-state index contributed by atoms with van der Waals surface area (Å²) in [6.07, 6.45) is 2.02. The highest BCUT2D eigenvalue weighted by atomic mass is 35.5. The van der Waals surface area contributed by atoms with Crippen LogP contribution in [0.5, 0.6) is 0 Å². The Bertz CT molecular complexity index is 958. The van der Waals surface area contributed by atoms with Crippen molar-refractivity contribution in [2.75, 3.05) is 18.1 Å². The van der Waals surface area contributed by atoms with Gasteiger partial charge in [0, 0.05) is 15.8 Å². The Morgan fingerprint density at radius 3 is 2.59 bits per heavy atom. The first-order valence-corrected chi connectivity index (χ1v) is 10.5. The van der Waals surface area contributed by atoms with Gasteiger partial charge in [-0.05, 0) is 30.5 Å². The molecule has 0 atom stereocenters. The van der Waals surface area contributed by atoms with E-state index in [2.05, 4.69) is 15.6 Å². The minimum Gasteiger partial charge on any atom is -0.343 e. The second-order valence-corrected chi connectivity index (χ2v) is 7.62. The highest BCUT2D eigenvalue weighted by Crippen LogP contribution is 2.26. The first kappa shape index (κ1) is 19.4. The third-order valence-electron chi connectivity index (χ3n) is 3.66. The predicted octanol–water partition coefficient (Wildman–Crippen LogP) is 4.55. The van der Waals surface area contributed by atoms with Gasteiger partial charge in [-0.3, -0.25) is 9.59 Å². The topological polar surface area (TPSA) is 71.1 Å². The van der Waals surface area contributed by atoms with Gasteiger partial charge in [0.2, 0.25) is 5.91 Å². The molecule has 0 unspecified atom stereocenters. The molecular weight excluding hydrogens is 402 g/mol. The number of halogens is 1. The number of benzene rings is 2. The number of nitrogens with one attached hydrogen (secondary N) is 2. The molecule has 8 heteroatoms. The fraction of sp³-hybridized carbons (Fsp3) is 0.105. The van der Waals surface area contributed by atoms with Crippen molar-refractivity contribution in [1.82, 2.24) is 10.3 Å². The summed E-state index contributed by atoms with van der Waals surface area (Å²) in [6.45, 7) is -0.165. The highest BCUT2D eigenvalue weighted by molar-refractivity contribution is 7.98. The van der Waals surface area contributed by atoms with Crippen LogP contribution in [0, 0.1) is 0 Å². The van der Waals surface area contributed by atoms with E-state index in [0.29, 0.717) is 15.7 Å². The molecule has 0 saturated heterocycles. The third kappa shape index (κ3) is 5.09. The van der Waals surface area contributed by atoms with Crippen LogP contribution < -0.4 is 10.6 Å². The lowest BCUT2D eigenvalue weighted by atomic mass is 10.2. The van der Waals surface area contributed by atoms with Crippen molar-refractivity contribution in [1.29, 1.82) is 0 Å². The van der Waals surface area contributed by atoms with Crippen molar-refractivity contribution in [3.8, 4) is 11.3 Å². The number of anilines is 1. The molecule has 0 saturated carbocycles. The van der Waals surface area contributed by atoms with E-state index in [4.69, 9.17) is 11.6 Å². The first-order valence-electron chi connectivity index (χ1n) is 7.99. The van der Waals surface area contributed by atoms with Crippen LogP contribution in [0.25, 0.3) is 11.3 Å². The summed E-state index contributed by atoms with van der Waals surface area (Å²) in [5.41, 5.74) is 2.11. The summed E-state index contributed by atoms with van der Waals surface area (Å²) < 4.78 is 0. The molecule has 5 nitrogen and oxygen atoms in total. The number of rotatable bonds is 6. The predicted molar refractivity (Wildman–Crippen MR) is 112 cm³/mol. The molecule has 0 bridgehead atoms. The van der Waals surface area contributed by atoms with Crippen molar-refractivity contribution in [2.45, 2.75) is 4.90 Å². The van der Waals surface area contributed by atoms with Crippen molar-refractivity contribution >= 4 is 51.6 Å². The van der Waals surface area contributed by atoms with Gasteiger partial charge in [-0.2, -0.15) is 0 Å². The molecule has 3 aromatic rings. The summed E-state index contributed by atoms with van der Waals surface area (Å²) in [5.74, 6) is -0.751. The van der Waals surface area contributed by atoms with Crippen LogP contribution in [0.4, 0.5) is 5.13 Å². The molecule has 0 spiro atoms. The van der Waals surface area contributed by atoms with Gasteiger partial charge in [-0.1, -0.05) is 35.9 Å². The van der Waals surface area contributed by atoms with E-state index in [1.165, 1.54) is 16.2 Å². The van der Waals surface area contributed by atoms with Crippen molar-refractivity contribution in [3.63, 3.8) is 0 Å². The Morgan fingerprint density at radius 1 is 1.15 bits per heavy atom. The Labute approximate surface area is 170 Å². The average molecular weight is 418 g/mol. The number of carbonyl (C=O) groups is 2. The standard InChI is InChI=1S/C19H16ClN3O2S2/c1-26-13-8-6-12(7-9-13)16-11-27-19(22-16)23-17(24)10-21-18(25)14-4-2-3-5-15(14)20/h2-9,11H,10H2,1H3,(H,21,25)(H,22,23,24). The van der Waals surface area contributed by atoms with Gasteiger partial charge in [0.25, 0.3) is 5.91 Å². The number of hydrogen-bond donors (Lipinski definition) is 2. The number of hydrogen-bond acceptors (Lipinski definition) is 5. The average Bonchev–Trinajstić information content (AvgIpc) is 3.15. The van der Waals surface area contributed by atoms with Crippen LogP contribution in [0.2, 0.25) is 5.02 Å². The Kier molecular flexibility index (Phi) is 6.49. The number of thioether (sulfide) groups is 1. The minimum atomic E-state index is -0.399. The van der Waals surface area contributed by atoms with E-state index in [1.54, 1.807) is 36.0 Å². The molecule has 0 aliphatic carbocycles. The lowest BCUT2D eigenvalue weighted by Crippen LogP contribution is -2.32. The van der Waals surface area contributed by atoms with Crippen molar-refractivity contribution in [2.24, 2.45) is 0 Å². The van der Waals surface area contributed by atoms with E-state index in [1.807, 2.05) is 35.9 Å².